The molecule has 0 N–H and O–H groups in total. The highest BCUT2D eigenvalue weighted by Crippen LogP contribution is 2.13. The van der Waals surface area contributed by atoms with Crippen LogP contribution in [-0.4, -0.2) is 55.2 Å². The van der Waals surface area contributed by atoms with Crippen molar-refractivity contribution in [2.24, 2.45) is 0 Å². The van der Waals surface area contributed by atoms with Crippen LogP contribution in [0.4, 0.5) is 0 Å². The minimum absolute atomic E-state index is 0.0544. The second kappa shape index (κ2) is 5.56. The predicted molar refractivity (Wildman–Crippen MR) is 67.1 cm³/mol. The van der Waals surface area contributed by atoms with Crippen molar-refractivity contribution in [1.29, 1.82) is 0 Å². The van der Waals surface area contributed by atoms with E-state index in [1.165, 1.54) is 12.5 Å². The highest BCUT2D eigenvalue weighted by molar-refractivity contribution is 8.13. The lowest BCUT2D eigenvalue weighted by Gasteiger charge is -2.32. The van der Waals surface area contributed by atoms with Crippen LogP contribution in [0.3, 0.4) is 0 Å². The molecule has 1 aliphatic rings. The van der Waals surface area contributed by atoms with Crippen LogP contribution >= 0.6 is 10.7 Å². The van der Waals surface area contributed by atoms with Gasteiger partial charge in [-0.05, 0) is 6.54 Å². The summed E-state index contributed by atoms with van der Waals surface area (Å²) >= 11 is 0. The minimum atomic E-state index is -3.75. The molecule has 0 saturated carbocycles. The number of hydrogen-bond donors (Lipinski definition) is 0. The maximum absolute atomic E-state index is 11.1. The van der Waals surface area contributed by atoms with E-state index in [0.717, 1.165) is 19.6 Å². The third kappa shape index (κ3) is 3.44. The lowest BCUT2D eigenvalue weighted by atomic mass is 10.2. The molecule has 1 aliphatic heterocycles. The highest BCUT2D eigenvalue weighted by Gasteiger charge is 2.20. The third-order valence-electron chi connectivity index (χ3n) is 2.94. The van der Waals surface area contributed by atoms with Gasteiger partial charge in [0, 0.05) is 30.0 Å². The van der Waals surface area contributed by atoms with Gasteiger partial charge in [0.15, 0.2) is 5.03 Å². The quantitative estimate of drug-likeness (QED) is 0.758. The Morgan fingerprint density at radius 1 is 1.61 bits per heavy atom. The van der Waals surface area contributed by atoms with Crippen molar-refractivity contribution in [1.82, 2.24) is 14.5 Å². The normalized spacial score (nSPS) is 22.2. The lowest BCUT2D eigenvalue weighted by molar-refractivity contribution is -0.0343. The smallest absolute Gasteiger partial charge is 0.280 e. The van der Waals surface area contributed by atoms with Gasteiger partial charge in [0.25, 0.3) is 9.05 Å². The topological polar surface area (TPSA) is 64.4 Å². The second-order valence-corrected chi connectivity index (χ2v) is 6.75. The fourth-order valence-corrected chi connectivity index (χ4v) is 2.65. The summed E-state index contributed by atoms with van der Waals surface area (Å²) in [5.74, 6) is 0. The van der Waals surface area contributed by atoms with Crippen molar-refractivity contribution in [3.8, 4) is 0 Å². The monoisotopic (exact) mass is 293 g/mol. The molecule has 0 spiro atoms. The van der Waals surface area contributed by atoms with Gasteiger partial charge in [0.05, 0.1) is 25.6 Å². The molecule has 1 saturated heterocycles. The molecule has 1 aromatic heterocycles. The molecule has 1 aromatic rings. The summed E-state index contributed by atoms with van der Waals surface area (Å²) in [5.41, 5.74) is 0. The molecule has 102 valence electrons. The zero-order valence-electron chi connectivity index (χ0n) is 10.1. The van der Waals surface area contributed by atoms with Crippen molar-refractivity contribution in [2.75, 3.05) is 26.2 Å². The van der Waals surface area contributed by atoms with Gasteiger partial charge in [-0.25, -0.2) is 13.4 Å². The molecule has 2 heterocycles. The van der Waals surface area contributed by atoms with Crippen LogP contribution in [0.15, 0.2) is 17.6 Å². The van der Waals surface area contributed by atoms with Crippen LogP contribution in [0.25, 0.3) is 0 Å². The number of halogens is 1. The average Bonchev–Trinajstić information content (AvgIpc) is 2.77. The average molecular weight is 294 g/mol. The van der Waals surface area contributed by atoms with Crippen LogP contribution in [0.5, 0.6) is 0 Å². The summed E-state index contributed by atoms with van der Waals surface area (Å²) in [6.07, 6.45) is 2.94. The van der Waals surface area contributed by atoms with Crippen LogP contribution in [-0.2, 0) is 20.3 Å². The summed E-state index contributed by atoms with van der Waals surface area (Å²) in [6, 6.07) is 0. The van der Waals surface area contributed by atoms with E-state index in [2.05, 4.69) is 16.8 Å². The van der Waals surface area contributed by atoms with Crippen molar-refractivity contribution in [2.45, 2.75) is 24.6 Å². The summed E-state index contributed by atoms with van der Waals surface area (Å²) < 4.78 is 29.5. The first-order valence-corrected chi connectivity index (χ1v) is 8.10. The van der Waals surface area contributed by atoms with Gasteiger partial charge in [0.2, 0.25) is 0 Å². The Bertz CT molecular complexity index is 502. The fourth-order valence-electron chi connectivity index (χ4n) is 1.98. The summed E-state index contributed by atoms with van der Waals surface area (Å²) in [6.45, 7) is 6.17. The Morgan fingerprint density at radius 2 is 2.39 bits per heavy atom. The molecule has 1 atom stereocenters. The predicted octanol–water partition coefficient (Wildman–Crippen LogP) is 0.531. The summed E-state index contributed by atoms with van der Waals surface area (Å²) in [4.78, 5) is 6.06. The van der Waals surface area contributed by atoms with Gasteiger partial charge < -0.3 is 9.30 Å². The van der Waals surface area contributed by atoms with Gasteiger partial charge in [-0.1, -0.05) is 6.92 Å². The zero-order chi connectivity index (χ0) is 13.2. The third-order valence-corrected chi connectivity index (χ3v) is 4.13. The number of rotatable bonds is 4. The molecule has 0 aliphatic carbocycles. The molecule has 2 rings (SSSR count). The van der Waals surface area contributed by atoms with Crippen molar-refractivity contribution in [3.05, 3.63) is 12.5 Å². The lowest BCUT2D eigenvalue weighted by Crippen LogP contribution is -2.43. The van der Waals surface area contributed by atoms with Crippen molar-refractivity contribution < 1.29 is 13.2 Å². The maximum atomic E-state index is 11.1. The summed E-state index contributed by atoms with van der Waals surface area (Å²) in [5, 5.41) is -0.118. The molecular weight excluding hydrogens is 278 g/mol. The van der Waals surface area contributed by atoms with Crippen LogP contribution in [0.2, 0.25) is 0 Å². The van der Waals surface area contributed by atoms with Crippen LogP contribution in [0, 0.1) is 0 Å². The molecular formula is C10H16ClN3O3S. The SMILES string of the molecule is CCN1CCOC(Cn2cnc(S(=O)(=O)Cl)c2)C1. The van der Waals surface area contributed by atoms with E-state index in [9.17, 15) is 8.42 Å². The van der Waals surface area contributed by atoms with E-state index >= 15 is 0 Å². The molecule has 1 unspecified atom stereocenters. The molecule has 18 heavy (non-hydrogen) atoms. The van der Waals surface area contributed by atoms with E-state index in [4.69, 9.17) is 15.4 Å². The largest absolute Gasteiger partial charge is 0.374 e. The van der Waals surface area contributed by atoms with Gasteiger partial charge in [0.1, 0.15) is 0 Å². The number of imidazole rings is 1. The molecule has 8 heteroatoms. The van der Waals surface area contributed by atoms with E-state index in [-0.39, 0.29) is 11.1 Å². The number of likely N-dealkylation sites (N-methyl/N-ethyl adjacent to an activating group) is 1. The van der Waals surface area contributed by atoms with Crippen LogP contribution in [0.1, 0.15) is 6.92 Å². The molecule has 1 fully saturated rings. The zero-order valence-corrected chi connectivity index (χ0v) is 11.7. The summed E-state index contributed by atoms with van der Waals surface area (Å²) in [7, 11) is 1.47. The van der Waals surface area contributed by atoms with Gasteiger partial charge >= 0.3 is 0 Å². The Balaban J connectivity index is 1.99. The Labute approximate surface area is 111 Å². The van der Waals surface area contributed by atoms with Gasteiger partial charge in [-0.15, -0.1) is 0 Å². The Morgan fingerprint density at radius 3 is 3.00 bits per heavy atom. The molecule has 0 amide bonds. The minimum Gasteiger partial charge on any atom is -0.374 e. The number of nitrogens with zero attached hydrogens (tertiary/aromatic N) is 3. The van der Waals surface area contributed by atoms with E-state index in [1.54, 1.807) is 4.57 Å². The highest BCUT2D eigenvalue weighted by atomic mass is 35.7. The first-order valence-electron chi connectivity index (χ1n) is 5.79. The van der Waals surface area contributed by atoms with Gasteiger partial charge in [-0.2, -0.15) is 0 Å². The first kappa shape index (κ1) is 13.8. The molecule has 6 nitrogen and oxygen atoms in total. The van der Waals surface area contributed by atoms with E-state index in [0.29, 0.717) is 13.2 Å². The maximum Gasteiger partial charge on any atom is 0.280 e. The second-order valence-electron chi connectivity index (χ2n) is 4.23. The standard InChI is InChI=1S/C10H16ClN3O3S/c1-2-13-3-4-17-9(5-13)6-14-7-10(12-8-14)18(11,15)16/h7-9H,2-6H2,1H3. The number of ether oxygens (including phenoxy) is 1. The van der Waals surface area contributed by atoms with Crippen LogP contribution < -0.4 is 0 Å². The number of aromatic nitrogens is 2. The fraction of sp³-hybridized carbons (Fsp3) is 0.700. The number of morpholine rings is 1. The Hall–Kier alpha value is -0.630. The van der Waals surface area contributed by atoms with E-state index < -0.39 is 9.05 Å². The molecule has 0 radical (unpaired) electrons. The Kier molecular flexibility index (Phi) is 4.26. The van der Waals surface area contributed by atoms with Gasteiger partial charge in [-0.3, -0.25) is 4.90 Å². The molecule has 0 bridgehead atoms. The first-order chi connectivity index (χ1) is 8.49. The number of hydrogen-bond acceptors (Lipinski definition) is 5. The van der Waals surface area contributed by atoms with E-state index in [1.807, 2.05) is 0 Å². The van der Waals surface area contributed by atoms with Crippen molar-refractivity contribution >= 4 is 19.7 Å². The molecule has 0 aromatic carbocycles. The van der Waals surface area contributed by atoms with Crippen molar-refractivity contribution in [3.63, 3.8) is 0 Å².